The number of hydrogen-bond donors (Lipinski definition) is 2. The van der Waals surface area contributed by atoms with Crippen molar-refractivity contribution in [2.24, 2.45) is 0 Å². The molecule has 2 aromatic heterocycles. The summed E-state index contributed by atoms with van der Waals surface area (Å²) in [5.41, 5.74) is 1.70. The second-order valence-electron chi connectivity index (χ2n) is 4.93. The van der Waals surface area contributed by atoms with Crippen molar-refractivity contribution in [1.82, 2.24) is 25.2 Å². The number of halogens is 1. The standard InChI is InChI=1S/C7H6ClN3.C6H14N2/c1-4-5-2-3-9-6(5)11-7(8)10-4;1-8(2)6-3-4-7-5-6/h2-3H,1H3,(H,9,10,11);6-7H,3-5H2,1-2H3. The number of fused-ring (bicyclic) bond motifs is 1. The molecule has 0 amide bonds. The molecule has 1 aliphatic heterocycles. The maximum absolute atomic E-state index is 5.64. The van der Waals surface area contributed by atoms with Crippen molar-refractivity contribution < 1.29 is 0 Å². The fourth-order valence-electron chi connectivity index (χ4n) is 2.14. The van der Waals surface area contributed by atoms with E-state index in [2.05, 4.69) is 39.3 Å². The minimum atomic E-state index is 0.289. The van der Waals surface area contributed by atoms with Gasteiger partial charge in [-0.25, -0.2) is 4.98 Å². The van der Waals surface area contributed by atoms with Crippen molar-refractivity contribution in [3.8, 4) is 0 Å². The number of hydrogen-bond acceptors (Lipinski definition) is 4. The zero-order chi connectivity index (χ0) is 13.8. The first kappa shape index (κ1) is 14.2. The zero-order valence-corrected chi connectivity index (χ0v) is 12.3. The number of nitrogens with one attached hydrogen (secondary N) is 2. The predicted octanol–water partition coefficient (Wildman–Crippen LogP) is 1.83. The molecule has 3 rings (SSSR count). The molecule has 1 atom stereocenters. The second-order valence-corrected chi connectivity index (χ2v) is 5.27. The van der Waals surface area contributed by atoms with E-state index in [1.807, 2.05) is 19.2 Å². The van der Waals surface area contributed by atoms with Crippen molar-refractivity contribution >= 4 is 22.6 Å². The molecule has 104 valence electrons. The van der Waals surface area contributed by atoms with Crippen LogP contribution in [0.3, 0.4) is 0 Å². The third kappa shape index (κ3) is 3.65. The van der Waals surface area contributed by atoms with E-state index >= 15 is 0 Å². The molecule has 2 N–H and O–H groups in total. The molecule has 2 aromatic rings. The van der Waals surface area contributed by atoms with E-state index in [1.165, 1.54) is 19.5 Å². The normalized spacial score (nSPS) is 18.7. The molecule has 0 spiro atoms. The summed E-state index contributed by atoms with van der Waals surface area (Å²) in [5, 5.41) is 4.62. The van der Waals surface area contributed by atoms with Crippen LogP contribution in [-0.2, 0) is 0 Å². The van der Waals surface area contributed by atoms with Crippen molar-refractivity contribution in [1.29, 1.82) is 0 Å². The summed E-state index contributed by atoms with van der Waals surface area (Å²) in [6.07, 6.45) is 3.13. The van der Waals surface area contributed by atoms with E-state index in [1.54, 1.807) is 0 Å². The Labute approximate surface area is 118 Å². The summed E-state index contributed by atoms with van der Waals surface area (Å²) in [5.74, 6) is 0. The van der Waals surface area contributed by atoms with Crippen LogP contribution >= 0.6 is 11.6 Å². The molecule has 1 aliphatic rings. The van der Waals surface area contributed by atoms with Crippen LogP contribution in [0.15, 0.2) is 12.3 Å². The zero-order valence-electron chi connectivity index (χ0n) is 11.6. The van der Waals surface area contributed by atoms with E-state index in [0.29, 0.717) is 0 Å². The third-order valence-corrected chi connectivity index (χ3v) is 3.51. The Kier molecular flexibility index (Phi) is 4.74. The summed E-state index contributed by atoms with van der Waals surface area (Å²) < 4.78 is 0. The Morgan fingerprint density at radius 3 is 2.74 bits per heavy atom. The highest BCUT2D eigenvalue weighted by atomic mass is 35.5. The van der Waals surface area contributed by atoms with E-state index in [0.717, 1.165) is 22.8 Å². The number of aromatic amines is 1. The molecule has 3 heterocycles. The number of aryl methyl sites for hydroxylation is 1. The summed E-state index contributed by atoms with van der Waals surface area (Å²) in [6.45, 7) is 4.28. The Morgan fingerprint density at radius 1 is 1.37 bits per heavy atom. The van der Waals surface area contributed by atoms with Gasteiger partial charge in [0.25, 0.3) is 0 Å². The topological polar surface area (TPSA) is 56.8 Å². The SMILES string of the molecule is CN(C)C1CCNC1.Cc1nc(Cl)nc2[nH]ccc12. The number of nitrogens with zero attached hydrogens (tertiary/aromatic N) is 3. The van der Waals surface area contributed by atoms with Gasteiger partial charge in [-0.1, -0.05) is 0 Å². The average molecular weight is 282 g/mol. The van der Waals surface area contributed by atoms with E-state index in [4.69, 9.17) is 11.6 Å². The Balaban J connectivity index is 0.000000148. The fraction of sp³-hybridized carbons (Fsp3) is 0.538. The van der Waals surface area contributed by atoms with Crippen LogP contribution < -0.4 is 5.32 Å². The van der Waals surface area contributed by atoms with E-state index in [9.17, 15) is 0 Å². The van der Waals surface area contributed by atoms with Gasteiger partial charge in [-0.05, 0) is 51.7 Å². The van der Waals surface area contributed by atoms with Gasteiger partial charge in [0, 0.05) is 24.2 Å². The Bertz CT molecular complexity index is 531. The predicted molar refractivity (Wildman–Crippen MR) is 78.6 cm³/mol. The lowest BCUT2D eigenvalue weighted by Gasteiger charge is -2.16. The molecule has 1 saturated heterocycles. The highest BCUT2D eigenvalue weighted by Gasteiger charge is 2.14. The lowest BCUT2D eigenvalue weighted by atomic mass is 10.2. The molecule has 1 fully saturated rings. The largest absolute Gasteiger partial charge is 0.346 e. The Morgan fingerprint density at radius 2 is 2.16 bits per heavy atom. The molecule has 0 radical (unpaired) electrons. The van der Waals surface area contributed by atoms with Crippen LogP contribution in [0.2, 0.25) is 5.28 Å². The molecule has 0 aromatic carbocycles. The molecule has 1 unspecified atom stereocenters. The van der Waals surface area contributed by atoms with Crippen LogP contribution in [0.25, 0.3) is 11.0 Å². The van der Waals surface area contributed by atoms with Gasteiger partial charge in [0.1, 0.15) is 5.65 Å². The maximum atomic E-state index is 5.64. The van der Waals surface area contributed by atoms with Crippen LogP contribution in [-0.4, -0.2) is 53.1 Å². The highest BCUT2D eigenvalue weighted by molar-refractivity contribution is 6.28. The van der Waals surface area contributed by atoms with Crippen LogP contribution in [0.1, 0.15) is 12.1 Å². The first-order valence-electron chi connectivity index (χ1n) is 6.42. The van der Waals surface area contributed by atoms with Gasteiger partial charge in [0.2, 0.25) is 5.28 Å². The maximum Gasteiger partial charge on any atom is 0.224 e. The molecule has 6 heteroatoms. The minimum absolute atomic E-state index is 0.289. The molecular formula is C13H20ClN5. The first-order valence-corrected chi connectivity index (χ1v) is 6.80. The summed E-state index contributed by atoms with van der Waals surface area (Å²) in [6, 6.07) is 2.72. The summed E-state index contributed by atoms with van der Waals surface area (Å²) in [4.78, 5) is 13.2. The molecule has 5 nitrogen and oxygen atoms in total. The molecule has 19 heavy (non-hydrogen) atoms. The Hall–Kier alpha value is -1.17. The third-order valence-electron chi connectivity index (χ3n) is 3.34. The molecule has 0 bridgehead atoms. The number of likely N-dealkylation sites (N-methyl/N-ethyl adjacent to an activating group) is 1. The summed E-state index contributed by atoms with van der Waals surface area (Å²) >= 11 is 5.64. The average Bonchev–Trinajstić information content (AvgIpc) is 2.99. The quantitative estimate of drug-likeness (QED) is 0.783. The van der Waals surface area contributed by atoms with Gasteiger partial charge in [0.05, 0.1) is 5.69 Å². The number of H-pyrrole nitrogens is 1. The number of rotatable bonds is 1. The van der Waals surface area contributed by atoms with Crippen molar-refractivity contribution in [3.63, 3.8) is 0 Å². The lowest BCUT2D eigenvalue weighted by Crippen LogP contribution is -2.29. The smallest absolute Gasteiger partial charge is 0.224 e. The molecule has 0 aliphatic carbocycles. The number of aromatic nitrogens is 3. The van der Waals surface area contributed by atoms with Gasteiger partial charge < -0.3 is 15.2 Å². The molecular weight excluding hydrogens is 262 g/mol. The van der Waals surface area contributed by atoms with E-state index in [-0.39, 0.29) is 5.28 Å². The van der Waals surface area contributed by atoms with Crippen LogP contribution in [0.5, 0.6) is 0 Å². The first-order chi connectivity index (χ1) is 9.08. The van der Waals surface area contributed by atoms with E-state index < -0.39 is 0 Å². The van der Waals surface area contributed by atoms with Crippen molar-refractivity contribution in [2.45, 2.75) is 19.4 Å². The second kappa shape index (κ2) is 6.32. The lowest BCUT2D eigenvalue weighted by molar-refractivity contribution is 0.313. The molecule has 0 saturated carbocycles. The van der Waals surface area contributed by atoms with Crippen molar-refractivity contribution in [2.75, 3.05) is 27.2 Å². The summed E-state index contributed by atoms with van der Waals surface area (Å²) in [7, 11) is 4.27. The van der Waals surface area contributed by atoms with Crippen LogP contribution in [0, 0.1) is 6.92 Å². The highest BCUT2D eigenvalue weighted by Crippen LogP contribution is 2.14. The van der Waals surface area contributed by atoms with Gasteiger partial charge in [-0.3, -0.25) is 0 Å². The minimum Gasteiger partial charge on any atom is -0.346 e. The van der Waals surface area contributed by atoms with Gasteiger partial charge in [0.15, 0.2) is 0 Å². The van der Waals surface area contributed by atoms with Gasteiger partial charge in [-0.2, -0.15) is 4.98 Å². The van der Waals surface area contributed by atoms with Crippen molar-refractivity contribution in [3.05, 3.63) is 23.2 Å². The van der Waals surface area contributed by atoms with Crippen LogP contribution in [0.4, 0.5) is 0 Å². The van der Waals surface area contributed by atoms with Gasteiger partial charge >= 0.3 is 0 Å². The monoisotopic (exact) mass is 281 g/mol. The van der Waals surface area contributed by atoms with Gasteiger partial charge in [-0.15, -0.1) is 0 Å². The fourth-order valence-corrected chi connectivity index (χ4v) is 2.35.